The number of carbonyl (C=O) groups is 3. The maximum atomic E-state index is 12.5. The molecule has 3 N–H and O–H groups in total. The van der Waals surface area contributed by atoms with E-state index in [1.807, 2.05) is 0 Å². The molecule has 3 aromatic rings. The number of benzene rings is 2. The van der Waals surface area contributed by atoms with Crippen LogP contribution < -0.4 is 20.7 Å². The first-order valence-corrected chi connectivity index (χ1v) is 8.56. The second kappa shape index (κ2) is 8.70. The Bertz CT molecular complexity index is 1060. The van der Waals surface area contributed by atoms with Crippen molar-refractivity contribution < 1.29 is 23.6 Å². The zero-order valence-corrected chi connectivity index (χ0v) is 15.7. The fourth-order valence-electron chi connectivity index (χ4n) is 2.49. The predicted molar refractivity (Wildman–Crippen MR) is 106 cm³/mol. The van der Waals surface area contributed by atoms with E-state index in [1.54, 1.807) is 49.4 Å². The van der Waals surface area contributed by atoms with Gasteiger partial charge in [-0.05, 0) is 37.3 Å². The van der Waals surface area contributed by atoms with Gasteiger partial charge in [-0.1, -0.05) is 23.4 Å². The Labute approximate surface area is 166 Å². The average Bonchev–Trinajstić information content (AvgIpc) is 3.12. The highest BCUT2D eigenvalue weighted by Gasteiger charge is 2.16. The van der Waals surface area contributed by atoms with E-state index in [9.17, 15) is 14.4 Å². The third-order valence-electron chi connectivity index (χ3n) is 3.81. The Morgan fingerprint density at radius 1 is 0.897 bits per heavy atom. The summed E-state index contributed by atoms with van der Waals surface area (Å²) in [5.74, 6) is -1.08. The monoisotopic (exact) mass is 394 g/mol. The maximum Gasteiger partial charge on any atom is 0.315 e. The molecule has 3 amide bonds. The van der Waals surface area contributed by atoms with Crippen LogP contribution >= 0.6 is 0 Å². The van der Waals surface area contributed by atoms with Crippen LogP contribution in [0.1, 0.15) is 16.1 Å². The van der Waals surface area contributed by atoms with Crippen molar-refractivity contribution in [2.24, 2.45) is 0 Å². The molecule has 29 heavy (non-hydrogen) atoms. The molecule has 9 nitrogen and oxygen atoms in total. The fourth-order valence-corrected chi connectivity index (χ4v) is 2.49. The number of para-hydroxylation sites is 1. The third-order valence-corrected chi connectivity index (χ3v) is 3.81. The Kier molecular flexibility index (Phi) is 5.88. The number of hydrogen-bond acceptors (Lipinski definition) is 6. The van der Waals surface area contributed by atoms with E-state index >= 15 is 0 Å². The summed E-state index contributed by atoms with van der Waals surface area (Å²) >= 11 is 0. The molecule has 1 heterocycles. The minimum absolute atomic E-state index is 0.139. The van der Waals surface area contributed by atoms with Crippen LogP contribution in [0.3, 0.4) is 0 Å². The van der Waals surface area contributed by atoms with Gasteiger partial charge in [0, 0.05) is 17.4 Å². The van der Waals surface area contributed by atoms with Crippen molar-refractivity contribution in [1.29, 1.82) is 0 Å². The number of aryl methyl sites for hydroxylation is 1. The van der Waals surface area contributed by atoms with Crippen LogP contribution in [-0.4, -0.2) is 30.0 Å². The van der Waals surface area contributed by atoms with Gasteiger partial charge < -0.3 is 19.9 Å². The van der Waals surface area contributed by atoms with Crippen molar-refractivity contribution >= 4 is 34.9 Å². The number of methoxy groups -OCH3 is 1. The molecule has 0 saturated carbocycles. The van der Waals surface area contributed by atoms with Gasteiger partial charge in [-0.2, -0.15) is 0 Å². The normalized spacial score (nSPS) is 10.1. The summed E-state index contributed by atoms with van der Waals surface area (Å²) in [6.45, 7) is 1.66. The van der Waals surface area contributed by atoms with Crippen molar-refractivity contribution in [2.45, 2.75) is 6.92 Å². The van der Waals surface area contributed by atoms with Gasteiger partial charge in [0.2, 0.25) is 0 Å². The molecule has 9 heteroatoms. The van der Waals surface area contributed by atoms with Gasteiger partial charge in [0.25, 0.3) is 5.91 Å². The topological polar surface area (TPSA) is 123 Å². The lowest BCUT2D eigenvalue weighted by molar-refractivity contribution is -0.133. The molecule has 0 unspecified atom stereocenters. The number of ether oxygens (including phenoxy) is 1. The van der Waals surface area contributed by atoms with Crippen molar-refractivity contribution in [3.05, 3.63) is 65.9 Å². The highest BCUT2D eigenvalue weighted by atomic mass is 16.5. The molecule has 0 radical (unpaired) electrons. The summed E-state index contributed by atoms with van der Waals surface area (Å²) in [4.78, 5) is 36.5. The molecule has 0 saturated heterocycles. The van der Waals surface area contributed by atoms with Crippen molar-refractivity contribution in [3.63, 3.8) is 0 Å². The van der Waals surface area contributed by atoms with Crippen LogP contribution in [0.5, 0.6) is 5.75 Å². The molecule has 0 aliphatic carbocycles. The fraction of sp³-hybridized carbons (Fsp3) is 0.100. The highest BCUT2D eigenvalue weighted by molar-refractivity contribution is 6.43. The van der Waals surface area contributed by atoms with E-state index in [1.165, 1.54) is 19.2 Å². The Balaban J connectivity index is 1.65. The minimum atomic E-state index is -0.901. The van der Waals surface area contributed by atoms with E-state index in [0.29, 0.717) is 28.4 Å². The first-order chi connectivity index (χ1) is 14.0. The Morgan fingerprint density at radius 2 is 1.59 bits per heavy atom. The van der Waals surface area contributed by atoms with Crippen molar-refractivity contribution in [2.75, 3.05) is 23.1 Å². The van der Waals surface area contributed by atoms with E-state index in [0.717, 1.165) is 0 Å². The number of amides is 3. The highest BCUT2D eigenvalue weighted by Crippen LogP contribution is 2.21. The summed E-state index contributed by atoms with van der Waals surface area (Å²) in [6, 6.07) is 14.7. The number of aromatic nitrogens is 1. The molecule has 0 bridgehead atoms. The number of rotatable bonds is 5. The molecular formula is C20H18N4O5. The third kappa shape index (κ3) is 4.98. The quantitative estimate of drug-likeness (QED) is 0.572. The second-order valence-corrected chi connectivity index (χ2v) is 5.97. The summed E-state index contributed by atoms with van der Waals surface area (Å²) < 4.78 is 10.0. The van der Waals surface area contributed by atoms with Crippen LogP contribution in [0.15, 0.2) is 59.1 Å². The van der Waals surface area contributed by atoms with Crippen LogP contribution in [0.25, 0.3) is 0 Å². The first kappa shape index (κ1) is 19.6. The number of nitrogens with zero attached hydrogens (tertiary/aromatic N) is 1. The molecule has 2 aromatic carbocycles. The minimum Gasteiger partial charge on any atom is -0.496 e. The van der Waals surface area contributed by atoms with E-state index in [2.05, 4.69) is 21.1 Å². The Hall–Kier alpha value is -4.14. The van der Waals surface area contributed by atoms with Crippen LogP contribution in [-0.2, 0) is 9.59 Å². The molecular weight excluding hydrogens is 376 g/mol. The van der Waals surface area contributed by atoms with Crippen molar-refractivity contribution in [1.82, 2.24) is 5.16 Å². The van der Waals surface area contributed by atoms with Crippen LogP contribution in [0.4, 0.5) is 17.2 Å². The lowest BCUT2D eigenvalue weighted by Crippen LogP contribution is -2.29. The summed E-state index contributed by atoms with van der Waals surface area (Å²) in [7, 11) is 1.48. The van der Waals surface area contributed by atoms with Gasteiger partial charge in [-0.3, -0.25) is 19.7 Å². The zero-order valence-electron chi connectivity index (χ0n) is 15.7. The van der Waals surface area contributed by atoms with Gasteiger partial charge in [0.1, 0.15) is 11.5 Å². The number of anilines is 3. The lowest BCUT2D eigenvalue weighted by Gasteiger charge is -2.10. The van der Waals surface area contributed by atoms with Gasteiger partial charge in [-0.15, -0.1) is 0 Å². The van der Waals surface area contributed by atoms with E-state index in [-0.39, 0.29) is 11.7 Å². The summed E-state index contributed by atoms with van der Waals surface area (Å²) in [5.41, 5.74) is 1.14. The second-order valence-electron chi connectivity index (χ2n) is 5.97. The smallest absolute Gasteiger partial charge is 0.315 e. The molecule has 1 aromatic heterocycles. The molecule has 0 spiro atoms. The Morgan fingerprint density at radius 3 is 2.28 bits per heavy atom. The molecule has 3 rings (SSSR count). The number of hydrogen-bond donors (Lipinski definition) is 3. The standard InChI is InChI=1S/C20H18N4O5/c1-12-10-17(24-29-12)23-20(27)19(26)22-14-7-5-6-13(11-14)21-18(25)15-8-3-4-9-16(15)28-2/h3-11H,1-2H3,(H,21,25)(H,22,26)(H,23,24,27). The van der Waals surface area contributed by atoms with Gasteiger partial charge in [0.05, 0.1) is 12.7 Å². The number of nitrogens with one attached hydrogen (secondary N) is 3. The SMILES string of the molecule is COc1ccccc1C(=O)Nc1cccc(NC(=O)C(=O)Nc2cc(C)on2)c1. The van der Waals surface area contributed by atoms with E-state index < -0.39 is 11.8 Å². The largest absolute Gasteiger partial charge is 0.496 e. The lowest BCUT2D eigenvalue weighted by atomic mass is 10.2. The first-order valence-electron chi connectivity index (χ1n) is 8.56. The number of carbonyl (C=O) groups excluding carboxylic acids is 3. The van der Waals surface area contributed by atoms with Gasteiger partial charge in [0.15, 0.2) is 5.82 Å². The maximum absolute atomic E-state index is 12.5. The van der Waals surface area contributed by atoms with Gasteiger partial charge >= 0.3 is 11.8 Å². The van der Waals surface area contributed by atoms with E-state index in [4.69, 9.17) is 9.26 Å². The predicted octanol–water partition coefficient (Wildman–Crippen LogP) is 2.82. The molecule has 0 atom stereocenters. The summed E-state index contributed by atoms with van der Waals surface area (Å²) in [5, 5.41) is 11.1. The van der Waals surface area contributed by atoms with Gasteiger partial charge in [-0.25, -0.2) is 0 Å². The van der Waals surface area contributed by atoms with Crippen molar-refractivity contribution in [3.8, 4) is 5.75 Å². The molecule has 148 valence electrons. The molecule has 0 aliphatic heterocycles. The molecule has 0 fully saturated rings. The zero-order chi connectivity index (χ0) is 20.8. The average molecular weight is 394 g/mol. The molecule has 0 aliphatic rings. The van der Waals surface area contributed by atoms with Crippen LogP contribution in [0, 0.1) is 6.92 Å². The summed E-state index contributed by atoms with van der Waals surface area (Å²) in [6.07, 6.45) is 0. The van der Waals surface area contributed by atoms with Crippen LogP contribution in [0.2, 0.25) is 0 Å².